The fourth-order valence-electron chi connectivity index (χ4n) is 1.91. The molecule has 0 unspecified atom stereocenters. The zero-order valence-electron chi connectivity index (χ0n) is 10.6. The van der Waals surface area contributed by atoms with E-state index >= 15 is 0 Å². The maximum Gasteiger partial charge on any atom is 0.123 e. The number of ether oxygens (including phenoxy) is 1. The molecular weight excluding hydrogens is 230 g/mol. The van der Waals surface area contributed by atoms with Crippen molar-refractivity contribution in [3.8, 4) is 5.75 Å². The molecule has 5 heteroatoms. The van der Waals surface area contributed by atoms with Gasteiger partial charge >= 0.3 is 0 Å². The highest BCUT2D eigenvalue weighted by molar-refractivity contribution is 5.39. The lowest BCUT2D eigenvalue weighted by Crippen LogP contribution is -2.07. The first-order valence-corrected chi connectivity index (χ1v) is 5.70. The van der Waals surface area contributed by atoms with E-state index in [0.717, 1.165) is 22.6 Å². The summed E-state index contributed by atoms with van der Waals surface area (Å²) >= 11 is 0. The van der Waals surface area contributed by atoms with Crippen molar-refractivity contribution in [2.24, 2.45) is 0 Å². The fraction of sp³-hybridized carbons (Fsp3) is 0.308. The van der Waals surface area contributed by atoms with Crippen LogP contribution in [0.3, 0.4) is 0 Å². The second-order valence-corrected chi connectivity index (χ2v) is 4.17. The van der Waals surface area contributed by atoms with E-state index in [4.69, 9.17) is 15.6 Å². The fourth-order valence-corrected chi connectivity index (χ4v) is 1.91. The van der Waals surface area contributed by atoms with E-state index in [-0.39, 0.29) is 6.61 Å². The summed E-state index contributed by atoms with van der Waals surface area (Å²) < 4.78 is 7.02. The van der Waals surface area contributed by atoms with Crippen LogP contribution >= 0.6 is 0 Å². The van der Waals surface area contributed by atoms with Crippen molar-refractivity contribution in [3.63, 3.8) is 0 Å². The quantitative estimate of drug-likeness (QED) is 0.854. The van der Waals surface area contributed by atoms with Crippen LogP contribution in [-0.2, 0) is 13.2 Å². The summed E-state index contributed by atoms with van der Waals surface area (Å²) in [5, 5.41) is 13.5. The van der Waals surface area contributed by atoms with Gasteiger partial charge in [0.15, 0.2) is 0 Å². The summed E-state index contributed by atoms with van der Waals surface area (Å²) in [6.07, 6.45) is 0. The summed E-state index contributed by atoms with van der Waals surface area (Å²) in [5.41, 5.74) is 8.53. The number of nitrogen functional groups attached to an aromatic ring is 1. The third-order valence-corrected chi connectivity index (χ3v) is 2.78. The summed E-state index contributed by atoms with van der Waals surface area (Å²) in [5.74, 6) is 1.38. The van der Waals surface area contributed by atoms with Gasteiger partial charge in [0.25, 0.3) is 0 Å². The lowest BCUT2D eigenvalue weighted by atomic mass is 10.1. The van der Waals surface area contributed by atoms with E-state index < -0.39 is 0 Å². The first kappa shape index (κ1) is 12.4. The van der Waals surface area contributed by atoms with Gasteiger partial charge in [0.05, 0.1) is 26.0 Å². The van der Waals surface area contributed by atoms with Gasteiger partial charge in [-0.05, 0) is 24.6 Å². The minimum absolute atomic E-state index is 0.00457. The number of aromatic nitrogens is 2. The maximum atomic E-state index is 9.16. The normalized spacial score (nSPS) is 10.6. The topological polar surface area (TPSA) is 73.3 Å². The molecule has 0 saturated carbocycles. The summed E-state index contributed by atoms with van der Waals surface area (Å²) in [7, 11) is 1.62. The SMILES string of the molecule is COc1ccc(CO)cc1Cn1nc(C)cc1N. The number of anilines is 1. The molecule has 5 nitrogen and oxygen atoms in total. The number of hydrogen-bond donors (Lipinski definition) is 2. The molecule has 0 bridgehead atoms. The Hall–Kier alpha value is -2.01. The van der Waals surface area contributed by atoms with Crippen LogP contribution in [0.4, 0.5) is 5.82 Å². The average molecular weight is 247 g/mol. The van der Waals surface area contributed by atoms with Crippen LogP contribution in [0.15, 0.2) is 24.3 Å². The van der Waals surface area contributed by atoms with Crippen molar-refractivity contribution >= 4 is 5.82 Å². The maximum absolute atomic E-state index is 9.16. The Balaban J connectivity index is 2.35. The molecule has 0 radical (unpaired) electrons. The second-order valence-electron chi connectivity index (χ2n) is 4.17. The highest BCUT2D eigenvalue weighted by Crippen LogP contribution is 2.22. The third kappa shape index (κ3) is 2.46. The molecule has 1 heterocycles. The van der Waals surface area contributed by atoms with Crippen molar-refractivity contribution in [2.45, 2.75) is 20.1 Å². The van der Waals surface area contributed by atoms with Gasteiger partial charge in [-0.15, -0.1) is 0 Å². The van der Waals surface area contributed by atoms with Gasteiger partial charge in [0, 0.05) is 11.6 Å². The predicted molar refractivity (Wildman–Crippen MR) is 69.4 cm³/mol. The van der Waals surface area contributed by atoms with Gasteiger partial charge in [-0.2, -0.15) is 5.10 Å². The van der Waals surface area contributed by atoms with Crippen molar-refractivity contribution in [2.75, 3.05) is 12.8 Å². The van der Waals surface area contributed by atoms with E-state index in [1.165, 1.54) is 0 Å². The molecule has 0 amide bonds. The Bertz CT molecular complexity index is 549. The molecule has 0 atom stereocenters. The largest absolute Gasteiger partial charge is 0.496 e. The first-order chi connectivity index (χ1) is 8.63. The lowest BCUT2D eigenvalue weighted by Gasteiger charge is -2.11. The van der Waals surface area contributed by atoms with Gasteiger partial charge in [0.1, 0.15) is 11.6 Å². The standard InChI is InChI=1S/C13H17N3O2/c1-9-5-13(14)16(15-9)7-11-6-10(8-17)3-4-12(11)18-2/h3-6,17H,7-8,14H2,1-2H3. The number of aryl methyl sites for hydroxylation is 1. The van der Waals surface area contributed by atoms with Crippen LogP contribution in [0.2, 0.25) is 0 Å². The molecule has 2 aromatic rings. The number of nitrogens with two attached hydrogens (primary N) is 1. The number of hydrogen-bond acceptors (Lipinski definition) is 4. The van der Waals surface area contributed by atoms with Crippen molar-refractivity contribution in [1.29, 1.82) is 0 Å². The van der Waals surface area contributed by atoms with E-state index in [1.807, 2.05) is 31.2 Å². The Kier molecular flexibility index (Phi) is 3.53. The molecule has 2 rings (SSSR count). The van der Waals surface area contributed by atoms with Gasteiger partial charge in [-0.3, -0.25) is 0 Å². The van der Waals surface area contributed by atoms with E-state index in [1.54, 1.807) is 11.8 Å². The smallest absolute Gasteiger partial charge is 0.123 e. The molecular formula is C13H17N3O2. The minimum Gasteiger partial charge on any atom is -0.496 e. The lowest BCUT2D eigenvalue weighted by molar-refractivity contribution is 0.281. The number of methoxy groups -OCH3 is 1. The number of aliphatic hydroxyl groups excluding tert-OH is 1. The Labute approximate surface area is 106 Å². The molecule has 1 aromatic carbocycles. The monoisotopic (exact) mass is 247 g/mol. The minimum atomic E-state index is 0.00457. The highest BCUT2D eigenvalue weighted by Gasteiger charge is 2.08. The van der Waals surface area contributed by atoms with Gasteiger partial charge < -0.3 is 15.6 Å². The van der Waals surface area contributed by atoms with E-state index in [0.29, 0.717) is 12.4 Å². The van der Waals surface area contributed by atoms with Crippen LogP contribution in [0, 0.1) is 6.92 Å². The predicted octanol–water partition coefficient (Wildman–Crippen LogP) is 1.32. The highest BCUT2D eigenvalue weighted by atomic mass is 16.5. The van der Waals surface area contributed by atoms with E-state index in [2.05, 4.69) is 5.10 Å². The molecule has 3 N–H and O–H groups in total. The number of rotatable bonds is 4. The van der Waals surface area contributed by atoms with E-state index in [9.17, 15) is 0 Å². The summed E-state index contributed by atoms with van der Waals surface area (Å²) in [4.78, 5) is 0. The van der Waals surface area contributed by atoms with Crippen molar-refractivity contribution in [1.82, 2.24) is 9.78 Å². The Morgan fingerprint density at radius 2 is 2.17 bits per heavy atom. The molecule has 0 spiro atoms. The zero-order valence-corrected chi connectivity index (χ0v) is 10.6. The average Bonchev–Trinajstić information content (AvgIpc) is 2.67. The van der Waals surface area contributed by atoms with Gasteiger partial charge in [0.2, 0.25) is 0 Å². The van der Waals surface area contributed by atoms with Gasteiger partial charge in [-0.1, -0.05) is 6.07 Å². The molecule has 0 aliphatic heterocycles. The second kappa shape index (κ2) is 5.10. The number of benzene rings is 1. The Morgan fingerprint density at radius 1 is 1.39 bits per heavy atom. The molecule has 0 saturated heterocycles. The summed E-state index contributed by atoms with van der Waals surface area (Å²) in [6, 6.07) is 7.39. The molecule has 18 heavy (non-hydrogen) atoms. The first-order valence-electron chi connectivity index (χ1n) is 5.70. The van der Waals surface area contributed by atoms with Crippen LogP contribution in [0.1, 0.15) is 16.8 Å². The Morgan fingerprint density at radius 3 is 2.72 bits per heavy atom. The number of nitrogens with zero attached hydrogens (tertiary/aromatic N) is 2. The van der Waals surface area contributed by atoms with Crippen LogP contribution < -0.4 is 10.5 Å². The van der Waals surface area contributed by atoms with Crippen LogP contribution in [0.25, 0.3) is 0 Å². The molecule has 0 fully saturated rings. The molecule has 0 aliphatic rings. The van der Waals surface area contributed by atoms with Gasteiger partial charge in [-0.25, -0.2) is 4.68 Å². The van der Waals surface area contributed by atoms with Crippen molar-refractivity contribution < 1.29 is 9.84 Å². The van der Waals surface area contributed by atoms with Crippen LogP contribution in [-0.4, -0.2) is 22.0 Å². The van der Waals surface area contributed by atoms with Crippen molar-refractivity contribution in [3.05, 3.63) is 41.1 Å². The van der Waals surface area contributed by atoms with Crippen LogP contribution in [0.5, 0.6) is 5.75 Å². The number of aliphatic hydroxyl groups is 1. The molecule has 1 aromatic heterocycles. The molecule has 0 aliphatic carbocycles. The molecule has 96 valence electrons. The third-order valence-electron chi connectivity index (χ3n) is 2.78. The zero-order chi connectivity index (χ0) is 13.1. The summed E-state index contributed by atoms with van der Waals surface area (Å²) in [6.45, 7) is 2.43.